The lowest BCUT2D eigenvalue weighted by Gasteiger charge is -2.40. The Balaban J connectivity index is 1.73. The van der Waals surface area contributed by atoms with E-state index < -0.39 is 0 Å². The van der Waals surface area contributed by atoms with Gasteiger partial charge in [-0.05, 0) is 94.0 Å². The zero-order chi connectivity index (χ0) is 20.1. The highest BCUT2D eigenvalue weighted by atomic mass is 35.5. The number of aryl methyl sites for hydroxylation is 3. The number of hydrogen-bond donors (Lipinski definition) is 0. The number of fused-ring (bicyclic) bond motifs is 2. The Morgan fingerprint density at radius 1 is 1.00 bits per heavy atom. The van der Waals surface area contributed by atoms with Gasteiger partial charge in [-0.3, -0.25) is 0 Å². The molecule has 0 N–H and O–H groups in total. The van der Waals surface area contributed by atoms with Crippen LogP contribution in [0.1, 0.15) is 62.0 Å². The van der Waals surface area contributed by atoms with E-state index in [9.17, 15) is 0 Å². The second-order valence-electron chi connectivity index (χ2n) is 8.76. The molecule has 3 nitrogen and oxygen atoms in total. The summed E-state index contributed by atoms with van der Waals surface area (Å²) in [5.74, 6) is 1.02. The molecule has 3 aromatic rings. The van der Waals surface area contributed by atoms with Crippen LogP contribution in [0, 0.1) is 6.92 Å². The minimum Gasteiger partial charge on any atom is -0.351 e. The normalized spacial score (nSPS) is 22.1. The van der Waals surface area contributed by atoms with Crippen molar-refractivity contribution in [3.63, 3.8) is 0 Å². The lowest BCUT2D eigenvalue weighted by molar-refractivity contribution is 0.412. The maximum Gasteiger partial charge on any atom is 0.225 e. The van der Waals surface area contributed by atoms with E-state index in [2.05, 4.69) is 48.9 Å². The average molecular weight is 426 g/mol. The topological polar surface area (TPSA) is 29.0 Å². The lowest BCUT2D eigenvalue weighted by Crippen LogP contribution is -2.44. The van der Waals surface area contributed by atoms with Gasteiger partial charge in [-0.2, -0.15) is 4.98 Å². The van der Waals surface area contributed by atoms with Crippen molar-refractivity contribution in [2.45, 2.75) is 77.8 Å². The molecule has 2 unspecified atom stereocenters. The summed E-state index contributed by atoms with van der Waals surface area (Å²) in [5.41, 5.74) is 5.65. The van der Waals surface area contributed by atoms with Gasteiger partial charge in [0.1, 0.15) is 10.6 Å². The number of halogens is 1. The Morgan fingerprint density at radius 3 is 2.48 bits per heavy atom. The minimum absolute atomic E-state index is 0.357. The summed E-state index contributed by atoms with van der Waals surface area (Å²) >= 11 is 8.14. The fourth-order valence-electron chi connectivity index (χ4n) is 5.33. The Morgan fingerprint density at radius 2 is 1.72 bits per heavy atom. The molecule has 5 rings (SSSR count). The molecule has 0 saturated carbocycles. The minimum atomic E-state index is 0.357. The van der Waals surface area contributed by atoms with Crippen LogP contribution in [0.15, 0.2) is 18.2 Å². The second-order valence-corrected chi connectivity index (χ2v) is 10.3. The van der Waals surface area contributed by atoms with Crippen LogP contribution in [0.25, 0.3) is 21.3 Å². The molecule has 2 atom stereocenters. The van der Waals surface area contributed by atoms with Crippen molar-refractivity contribution in [2.24, 2.45) is 0 Å². The predicted molar refractivity (Wildman–Crippen MR) is 124 cm³/mol. The number of piperidine rings is 1. The summed E-state index contributed by atoms with van der Waals surface area (Å²) in [6.07, 6.45) is 8.70. The molecule has 1 saturated heterocycles. The van der Waals surface area contributed by atoms with Crippen LogP contribution >= 0.6 is 22.9 Å². The van der Waals surface area contributed by atoms with E-state index in [0.717, 1.165) is 10.6 Å². The number of anilines is 1. The number of aromatic nitrogens is 2. The van der Waals surface area contributed by atoms with Crippen molar-refractivity contribution >= 4 is 39.0 Å². The van der Waals surface area contributed by atoms with Gasteiger partial charge >= 0.3 is 0 Å². The van der Waals surface area contributed by atoms with Crippen LogP contribution in [-0.4, -0.2) is 22.1 Å². The van der Waals surface area contributed by atoms with E-state index in [4.69, 9.17) is 16.6 Å². The summed E-state index contributed by atoms with van der Waals surface area (Å²) in [6.45, 7) is 6.84. The summed E-state index contributed by atoms with van der Waals surface area (Å²) < 4.78 is 0. The highest BCUT2D eigenvalue weighted by Gasteiger charge is 2.30. The van der Waals surface area contributed by atoms with E-state index in [1.165, 1.54) is 77.5 Å². The molecule has 1 aliphatic heterocycles. The first-order chi connectivity index (χ1) is 14.0. The van der Waals surface area contributed by atoms with E-state index in [1.807, 2.05) is 0 Å². The first-order valence-electron chi connectivity index (χ1n) is 10.9. The fraction of sp³-hybridized carbons (Fsp3) is 0.500. The molecule has 0 bridgehead atoms. The molecule has 152 valence electrons. The van der Waals surface area contributed by atoms with Crippen LogP contribution in [-0.2, 0) is 12.8 Å². The monoisotopic (exact) mass is 425 g/mol. The van der Waals surface area contributed by atoms with E-state index in [0.29, 0.717) is 17.4 Å². The molecule has 0 radical (unpaired) electrons. The van der Waals surface area contributed by atoms with Crippen LogP contribution in [0.2, 0.25) is 5.28 Å². The quantitative estimate of drug-likeness (QED) is 0.415. The van der Waals surface area contributed by atoms with Gasteiger partial charge in [-0.25, -0.2) is 4.98 Å². The van der Waals surface area contributed by atoms with E-state index in [-0.39, 0.29) is 0 Å². The third-order valence-corrected chi connectivity index (χ3v) is 7.92. The van der Waals surface area contributed by atoms with Gasteiger partial charge in [0.25, 0.3) is 0 Å². The van der Waals surface area contributed by atoms with Gasteiger partial charge in [0, 0.05) is 22.5 Å². The Bertz CT molecular complexity index is 1060. The maximum absolute atomic E-state index is 6.40. The van der Waals surface area contributed by atoms with Gasteiger partial charge in [-0.15, -0.1) is 11.3 Å². The molecule has 5 heteroatoms. The summed E-state index contributed by atoms with van der Waals surface area (Å²) in [7, 11) is 0. The second kappa shape index (κ2) is 7.55. The Kier molecular flexibility index (Phi) is 5.03. The molecule has 2 aromatic heterocycles. The molecule has 2 aliphatic rings. The third kappa shape index (κ3) is 3.34. The standard InChI is InChI=1S/C24H28ClN3S/c1-14-7-6-8-15(2)28(14)22-21-20(16(3)29-23(21)27-24(25)26-22)19-12-11-17-9-4-5-10-18(17)13-19/h11-15H,4-10H2,1-3H3. The number of hydrogen-bond acceptors (Lipinski definition) is 4. The molecule has 3 heterocycles. The average Bonchev–Trinajstić information content (AvgIpc) is 3.03. The highest BCUT2D eigenvalue weighted by molar-refractivity contribution is 7.19. The third-order valence-electron chi connectivity index (χ3n) is 6.76. The van der Waals surface area contributed by atoms with Crippen molar-refractivity contribution in [2.75, 3.05) is 4.90 Å². The largest absolute Gasteiger partial charge is 0.351 e. The predicted octanol–water partition coefficient (Wildman–Crippen LogP) is 6.97. The van der Waals surface area contributed by atoms with Gasteiger partial charge in [0.05, 0.1) is 5.39 Å². The molecule has 0 amide bonds. The maximum atomic E-state index is 6.40. The van der Waals surface area contributed by atoms with E-state index in [1.54, 1.807) is 11.3 Å². The summed E-state index contributed by atoms with van der Waals surface area (Å²) in [5, 5.41) is 1.55. The number of benzene rings is 1. The Hall–Kier alpha value is -1.65. The smallest absolute Gasteiger partial charge is 0.225 e. The fourth-order valence-corrected chi connectivity index (χ4v) is 6.58. The van der Waals surface area contributed by atoms with Crippen molar-refractivity contribution in [1.82, 2.24) is 9.97 Å². The van der Waals surface area contributed by atoms with Crippen molar-refractivity contribution in [1.29, 1.82) is 0 Å². The SMILES string of the molecule is Cc1sc2nc(Cl)nc(N3C(C)CCCC3C)c2c1-c1ccc2c(c1)CCCC2. The van der Waals surface area contributed by atoms with Gasteiger partial charge < -0.3 is 4.90 Å². The molecule has 1 aromatic carbocycles. The highest BCUT2D eigenvalue weighted by Crippen LogP contribution is 2.44. The van der Waals surface area contributed by atoms with Crippen molar-refractivity contribution in [3.8, 4) is 11.1 Å². The van der Waals surface area contributed by atoms with Gasteiger partial charge in [0.15, 0.2) is 0 Å². The van der Waals surface area contributed by atoms with Gasteiger partial charge in [0.2, 0.25) is 5.28 Å². The molecule has 0 spiro atoms. The first kappa shape index (κ1) is 19.3. The number of thiophene rings is 1. The van der Waals surface area contributed by atoms with Crippen LogP contribution in [0.5, 0.6) is 0 Å². The summed E-state index contributed by atoms with van der Waals surface area (Å²) in [4.78, 5) is 14.2. The number of nitrogens with zero attached hydrogens (tertiary/aromatic N) is 3. The molecule has 1 fully saturated rings. The van der Waals surface area contributed by atoms with Crippen molar-refractivity contribution in [3.05, 3.63) is 39.5 Å². The van der Waals surface area contributed by atoms with Gasteiger partial charge in [-0.1, -0.05) is 18.2 Å². The first-order valence-corrected chi connectivity index (χ1v) is 12.1. The lowest BCUT2D eigenvalue weighted by atomic mass is 9.88. The molecule has 1 aliphatic carbocycles. The molecular weight excluding hydrogens is 398 g/mol. The molecular formula is C24H28ClN3S. The van der Waals surface area contributed by atoms with Crippen molar-refractivity contribution < 1.29 is 0 Å². The molecule has 29 heavy (non-hydrogen) atoms. The Labute approximate surface area is 182 Å². The van der Waals surface area contributed by atoms with E-state index >= 15 is 0 Å². The number of rotatable bonds is 2. The zero-order valence-electron chi connectivity index (χ0n) is 17.5. The van der Waals surface area contributed by atoms with Crippen LogP contribution in [0.4, 0.5) is 5.82 Å². The van der Waals surface area contributed by atoms with Crippen LogP contribution in [0.3, 0.4) is 0 Å². The zero-order valence-corrected chi connectivity index (χ0v) is 19.0. The summed E-state index contributed by atoms with van der Waals surface area (Å²) in [6, 6.07) is 7.99. The van der Waals surface area contributed by atoms with Crippen LogP contribution < -0.4 is 4.90 Å².